The van der Waals surface area contributed by atoms with Gasteiger partial charge < -0.3 is 10.2 Å². The van der Waals surface area contributed by atoms with Gasteiger partial charge in [-0.1, -0.05) is 84.9 Å². The molecule has 0 saturated carbocycles. The molecule has 1 N–H and O–H groups in total. The van der Waals surface area contributed by atoms with Gasteiger partial charge in [-0.2, -0.15) is 0 Å². The highest BCUT2D eigenvalue weighted by atomic mass is 32.2. The molecule has 1 amide bonds. The van der Waals surface area contributed by atoms with Crippen molar-refractivity contribution in [2.24, 2.45) is 5.92 Å². The van der Waals surface area contributed by atoms with E-state index in [-0.39, 0.29) is 23.7 Å². The molecule has 42 heavy (non-hydrogen) atoms. The molecule has 216 valence electrons. The van der Waals surface area contributed by atoms with Crippen molar-refractivity contribution >= 4 is 29.1 Å². The first-order chi connectivity index (χ1) is 20.5. The highest BCUT2D eigenvalue weighted by Gasteiger charge is 2.33. The van der Waals surface area contributed by atoms with Crippen LogP contribution in [0, 0.1) is 5.92 Å². The lowest BCUT2D eigenvalue weighted by molar-refractivity contribution is -0.124. The summed E-state index contributed by atoms with van der Waals surface area (Å²) in [6, 6.07) is 37.1. The number of hydrogen-bond donors (Lipinski definition) is 1. The van der Waals surface area contributed by atoms with Crippen molar-refractivity contribution in [2.75, 3.05) is 18.0 Å². The molecule has 1 atom stereocenters. The van der Waals surface area contributed by atoms with Gasteiger partial charge in [0.05, 0.1) is 5.92 Å². The molecule has 4 nitrogen and oxygen atoms in total. The van der Waals surface area contributed by atoms with Gasteiger partial charge in [-0.25, -0.2) is 0 Å². The molecule has 0 aliphatic carbocycles. The zero-order chi connectivity index (χ0) is 29.3. The Morgan fingerprint density at radius 1 is 0.810 bits per heavy atom. The van der Waals surface area contributed by atoms with Crippen LogP contribution in [-0.4, -0.2) is 30.8 Å². The number of piperidine rings is 1. The third kappa shape index (κ3) is 7.71. The first-order valence-electron chi connectivity index (χ1n) is 15.0. The third-order valence-corrected chi connectivity index (χ3v) is 9.07. The molecule has 4 aromatic rings. The van der Waals surface area contributed by atoms with Gasteiger partial charge in [-0.05, 0) is 73.6 Å². The molecule has 1 aliphatic rings. The van der Waals surface area contributed by atoms with Crippen LogP contribution in [0.5, 0.6) is 0 Å². The zero-order valence-corrected chi connectivity index (χ0v) is 25.4. The summed E-state index contributed by atoms with van der Waals surface area (Å²) in [4.78, 5) is 30.1. The van der Waals surface area contributed by atoms with Crippen LogP contribution in [0.4, 0.5) is 5.69 Å². The Labute approximate surface area is 254 Å². The fourth-order valence-electron chi connectivity index (χ4n) is 5.86. The summed E-state index contributed by atoms with van der Waals surface area (Å²) in [7, 11) is 0. The lowest BCUT2D eigenvalue weighted by atomic mass is 9.79. The Morgan fingerprint density at radius 2 is 1.43 bits per heavy atom. The standard InChI is InChI=1S/C37H40N2O2S/c1-27(2)38-37(41)36(29-11-5-3-6-12-29)30-21-23-39(24-22-30)32-19-17-28(18-20-32)25-35(40)34-16-10-9-13-31(34)26-42-33-14-7-4-8-15-33/h3-20,27,30,36H,21-26H2,1-2H3,(H,38,41). The summed E-state index contributed by atoms with van der Waals surface area (Å²) in [5.74, 6) is 1.23. The van der Waals surface area contributed by atoms with Crippen LogP contribution in [0.15, 0.2) is 114 Å². The largest absolute Gasteiger partial charge is 0.372 e. The minimum absolute atomic E-state index is 0.121. The molecule has 1 heterocycles. The van der Waals surface area contributed by atoms with Gasteiger partial charge in [0.1, 0.15) is 0 Å². The molecule has 1 fully saturated rings. The van der Waals surface area contributed by atoms with Crippen LogP contribution in [0.3, 0.4) is 0 Å². The minimum Gasteiger partial charge on any atom is -0.372 e. The number of hydrogen-bond acceptors (Lipinski definition) is 4. The number of rotatable bonds is 11. The van der Waals surface area contributed by atoms with Crippen LogP contribution in [0.25, 0.3) is 0 Å². The molecule has 0 radical (unpaired) electrons. The lowest BCUT2D eigenvalue weighted by Gasteiger charge is -2.37. The van der Waals surface area contributed by atoms with E-state index < -0.39 is 0 Å². The van der Waals surface area contributed by atoms with E-state index in [4.69, 9.17) is 0 Å². The van der Waals surface area contributed by atoms with Crippen molar-refractivity contribution in [2.45, 2.75) is 55.7 Å². The van der Waals surface area contributed by atoms with Crippen molar-refractivity contribution in [3.05, 3.63) is 131 Å². The van der Waals surface area contributed by atoms with E-state index in [2.05, 4.69) is 64.8 Å². The second-order valence-corrected chi connectivity index (χ2v) is 12.5. The second-order valence-electron chi connectivity index (χ2n) is 11.4. The van der Waals surface area contributed by atoms with Crippen molar-refractivity contribution in [3.63, 3.8) is 0 Å². The van der Waals surface area contributed by atoms with Crippen LogP contribution in [0.1, 0.15) is 59.7 Å². The highest BCUT2D eigenvalue weighted by Crippen LogP contribution is 2.35. The fraction of sp³-hybridized carbons (Fsp3) is 0.297. The first kappa shape index (κ1) is 29.7. The van der Waals surface area contributed by atoms with Gasteiger partial charge in [0.2, 0.25) is 5.91 Å². The average Bonchev–Trinajstić information content (AvgIpc) is 3.02. The van der Waals surface area contributed by atoms with Gasteiger partial charge in [-0.3, -0.25) is 9.59 Å². The molecule has 1 saturated heterocycles. The van der Waals surface area contributed by atoms with E-state index in [1.165, 1.54) is 10.6 Å². The Morgan fingerprint density at radius 3 is 2.10 bits per heavy atom. The summed E-state index contributed by atoms with van der Waals surface area (Å²) >= 11 is 1.75. The number of amides is 1. The number of anilines is 1. The van der Waals surface area contributed by atoms with Crippen LogP contribution in [0.2, 0.25) is 0 Å². The van der Waals surface area contributed by atoms with Crippen molar-refractivity contribution in [1.82, 2.24) is 5.32 Å². The third-order valence-electron chi connectivity index (χ3n) is 8.00. The number of Topliss-reactive ketones (excluding diaryl/α,β-unsaturated/α-hetero) is 1. The van der Waals surface area contributed by atoms with E-state index in [1.807, 2.05) is 68.4 Å². The van der Waals surface area contributed by atoms with Crippen LogP contribution < -0.4 is 10.2 Å². The first-order valence-corrected chi connectivity index (χ1v) is 15.9. The Kier molecular flexibility index (Phi) is 10.1. The summed E-state index contributed by atoms with van der Waals surface area (Å²) in [5.41, 5.74) is 5.18. The SMILES string of the molecule is CC(C)NC(=O)C(c1ccccc1)C1CCN(c2ccc(CC(=O)c3ccccc3CSc3ccccc3)cc2)CC1. The maximum atomic E-state index is 13.3. The summed E-state index contributed by atoms with van der Waals surface area (Å²) in [6.07, 6.45) is 2.31. The smallest absolute Gasteiger partial charge is 0.228 e. The predicted octanol–water partition coefficient (Wildman–Crippen LogP) is 7.93. The van der Waals surface area contributed by atoms with Gasteiger partial charge in [0.15, 0.2) is 5.78 Å². The van der Waals surface area contributed by atoms with Crippen LogP contribution in [-0.2, 0) is 17.0 Å². The number of benzene rings is 4. The van der Waals surface area contributed by atoms with Crippen LogP contribution >= 0.6 is 11.8 Å². The Bertz CT molecular complexity index is 1450. The van der Waals surface area contributed by atoms with Crippen molar-refractivity contribution in [1.29, 1.82) is 0 Å². The minimum atomic E-state index is -0.127. The molecule has 0 bridgehead atoms. The molecular weight excluding hydrogens is 536 g/mol. The second kappa shape index (κ2) is 14.4. The van der Waals surface area contributed by atoms with E-state index in [0.29, 0.717) is 12.3 Å². The van der Waals surface area contributed by atoms with E-state index in [9.17, 15) is 9.59 Å². The molecule has 5 rings (SSSR count). The fourth-order valence-corrected chi connectivity index (χ4v) is 6.79. The molecule has 5 heteroatoms. The molecule has 1 aliphatic heterocycles. The normalized spacial score (nSPS) is 14.5. The number of carbonyl (C=O) groups excluding carboxylic acids is 2. The number of thioether (sulfide) groups is 1. The predicted molar refractivity (Wildman–Crippen MR) is 174 cm³/mol. The number of nitrogens with zero attached hydrogens (tertiary/aromatic N) is 1. The lowest BCUT2D eigenvalue weighted by Crippen LogP contribution is -2.42. The number of carbonyl (C=O) groups is 2. The van der Waals surface area contributed by atoms with E-state index >= 15 is 0 Å². The maximum absolute atomic E-state index is 13.3. The maximum Gasteiger partial charge on any atom is 0.228 e. The van der Waals surface area contributed by atoms with Gasteiger partial charge in [0, 0.05) is 47.5 Å². The summed E-state index contributed by atoms with van der Waals surface area (Å²) in [6.45, 7) is 5.86. The summed E-state index contributed by atoms with van der Waals surface area (Å²) < 4.78 is 0. The molecule has 4 aromatic carbocycles. The zero-order valence-electron chi connectivity index (χ0n) is 24.5. The summed E-state index contributed by atoms with van der Waals surface area (Å²) in [5, 5.41) is 3.15. The van der Waals surface area contributed by atoms with Gasteiger partial charge >= 0.3 is 0 Å². The number of nitrogens with one attached hydrogen (secondary N) is 1. The molecule has 0 spiro atoms. The number of ketones is 1. The Balaban J connectivity index is 1.19. The Hall–Kier alpha value is -3.83. The molecular formula is C37H40N2O2S. The highest BCUT2D eigenvalue weighted by molar-refractivity contribution is 7.98. The van der Waals surface area contributed by atoms with Crippen molar-refractivity contribution in [3.8, 4) is 0 Å². The van der Waals surface area contributed by atoms with Gasteiger partial charge in [-0.15, -0.1) is 11.8 Å². The van der Waals surface area contributed by atoms with Gasteiger partial charge in [0.25, 0.3) is 0 Å². The topological polar surface area (TPSA) is 49.4 Å². The average molecular weight is 577 g/mol. The molecule has 0 aromatic heterocycles. The van der Waals surface area contributed by atoms with Crippen molar-refractivity contribution < 1.29 is 9.59 Å². The molecule has 1 unspecified atom stereocenters. The van der Waals surface area contributed by atoms with E-state index in [0.717, 1.165) is 53.9 Å². The van der Waals surface area contributed by atoms with E-state index in [1.54, 1.807) is 11.8 Å². The monoisotopic (exact) mass is 576 g/mol. The quantitative estimate of drug-likeness (QED) is 0.146.